The molecule has 0 bridgehead atoms. The van der Waals surface area contributed by atoms with Gasteiger partial charge in [-0.3, -0.25) is 4.90 Å². The smallest absolute Gasteiger partial charge is 0.0951 e. The Labute approximate surface area is 114 Å². The molecule has 5 nitrogen and oxygen atoms in total. The van der Waals surface area contributed by atoms with Crippen LogP contribution >= 0.6 is 0 Å². The summed E-state index contributed by atoms with van der Waals surface area (Å²) in [6, 6.07) is 1.27. The normalized spacial score (nSPS) is 23.4. The van der Waals surface area contributed by atoms with E-state index < -0.39 is 0 Å². The lowest BCUT2D eigenvalue weighted by molar-refractivity contribution is 0.176. The number of aliphatic hydroxyl groups is 1. The molecule has 2 fully saturated rings. The van der Waals surface area contributed by atoms with Crippen molar-refractivity contribution in [2.24, 2.45) is 0 Å². The Morgan fingerprint density at radius 2 is 2.32 bits per heavy atom. The summed E-state index contributed by atoms with van der Waals surface area (Å²) in [5.74, 6) is 0. The van der Waals surface area contributed by atoms with Crippen molar-refractivity contribution in [2.45, 2.75) is 44.3 Å². The summed E-state index contributed by atoms with van der Waals surface area (Å²) in [5, 5.41) is 12.8. The van der Waals surface area contributed by atoms with E-state index in [-0.39, 0.29) is 6.61 Å². The zero-order chi connectivity index (χ0) is 13.1. The van der Waals surface area contributed by atoms with E-state index >= 15 is 0 Å². The Bertz CT molecular complexity index is 396. The van der Waals surface area contributed by atoms with Crippen molar-refractivity contribution < 1.29 is 5.11 Å². The molecule has 1 unspecified atom stereocenters. The maximum atomic E-state index is 9.25. The number of hydrogen-bond acceptors (Lipinski definition) is 4. The highest BCUT2D eigenvalue weighted by Crippen LogP contribution is 2.35. The minimum absolute atomic E-state index is 0.226. The zero-order valence-corrected chi connectivity index (χ0v) is 11.5. The van der Waals surface area contributed by atoms with Crippen LogP contribution in [0.1, 0.15) is 37.4 Å². The Balaban J connectivity index is 1.60. The Hall–Kier alpha value is -0.910. The fourth-order valence-electron chi connectivity index (χ4n) is 2.97. The van der Waals surface area contributed by atoms with Crippen LogP contribution in [0.2, 0.25) is 0 Å². The molecule has 0 aromatic carbocycles. The summed E-state index contributed by atoms with van der Waals surface area (Å²) in [7, 11) is 0. The predicted molar refractivity (Wildman–Crippen MR) is 73.9 cm³/mol. The molecular formula is C14H24N4O. The number of aromatic nitrogens is 2. The van der Waals surface area contributed by atoms with Crippen LogP contribution in [-0.4, -0.2) is 51.8 Å². The minimum atomic E-state index is 0.226. The molecule has 5 heteroatoms. The monoisotopic (exact) mass is 264 g/mol. The van der Waals surface area contributed by atoms with Gasteiger partial charge in [0.2, 0.25) is 0 Å². The largest absolute Gasteiger partial charge is 0.395 e. The van der Waals surface area contributed by atoms with Gasteiger partial charge in [-0.1, -0.05) is 0 Å². The average molecular weight is 264 g/mol. The van der Waals surface area contributed by atoms with Crippen molar-refractivity contribution in [1.82, 2.24) is 19.8 Å². The summed E-state index contributed by atoms with van der Waals surface area (Å²) in [4.78, 5) is 6.63. The second-order valence-electron chi connectivity index (χ2n) is 5.78. The van der Waals surface area contributed by atoms with E-state index in [4.69, 9.17) is 0 Å². The van der Waals surface area contributed by atoms with Gasteiger partial charge in [-0.05, 0) is 32.2 Å². The number of hydrogen-bond donors (Lipinski definition) is 2. The first-order chi connectivity index (χ1) is 9.36. The number of nitrogens with one attached hydrogen (secondary N) is 1. The fraction of sp³-hybridized carbons (Fsp3) is 0.786. The van der Waals surface area contributed by atoms with Crippen molar-refractivity contribution in [3.8, 4) is 0 Å². The third kappa shape index (κ3) is 3.35. The Kier molecular flexibility index (Phi) is 4.15. The molecule has 1 aliphatic heterocycles. The number of aliphatic hydroxyl groups excluding tert-OH is 1. The maximum Gasteiger partial charge on any atom is 0.0951 e. The first kappa shape index (κ1) is 13.1. The second-order valence-corrected chi connectivity index (χ2v) is 5.78. The molecule has 19 heavy (non-hydrogen) atoms. The SMILES string of the molecule is OCCN(Cc1cncn1C1CC1)CC1CCCN1. The molecule has 1 saturated carbocycles. The molecule has 3 rings (SSSR count). The molecule has 2 aliphatic rings. The van der Waals surface area contributed by atoms with E-state index in [0.29, 0.717) is 12.1 Å². The van der Waals surface area contributed by atoms with Crippen LogP contribution < -0.4 is 5.32 Å². The molecule has 0 radical (unpaired) electrons. The lowest BCUT2D eigenvalue weighted by Gasteiger charge is -2.25. The van der Waals surface area contributed by atoms with Gasteiger partial charge >= 0.3 is 0 Å². The van der Waals surface area contributed by atoms with Gasteiger partial charge in [0.05, 0.1) is 18.6 Å². The van der Waals surface area contributed by atoms with Crippen LogP contribution in [0.15, 0.2) is 12.5 Å². The highest BCUT2D eigenvalue weighted by Gasteiger charge is 2.26. The highest BCUT2D eigenvalue weighted by atomic mass is 16.3. The van der Waals surface area contributed by atoms with Crippen molar-refractivity contribution in [1.29, 1.82) is 0 Å². The molecular weight excluding hydrogens is 240 g/mol. The topological polar surface area (TPSA) is 53.3 Å². The van der Waals surface area contributed by atoms with Gasteiger partial charge in [-0.25, -0.2) is 4.98 Å². The first-order valence-electron chi connectivity index (χ1n) is 7.44. The van der Waals surface area contributed by atoms with Crippen LogP contribution in [0.3, 0.4) is 0 Å². The predicted octanol–water partition coefficient (Wildman–Crippen LogP) is 0.764. The summed E-state index contributed by atoms with van der Waals surface area (Å²) in [6.45, 7) is 4.03. The third-order valence-electron chi connectivity index (χ3n) is 4.13. The molecule has 1 aromatic rings. The molecule has 1 saturated heterocycles. The average Bonchev–Trinajstić information content (AvgIpc) is 2.93. The first-order valence-corrected chi connectivity index (χ1v) is 7.44. The summed E-state index contributed by atoms with van der Waals surface area (Å²) >= 11 is 0. The summed E-state index contributed by atoms with van der Waals surface area (Å²) in [5.41, 5.74) is 1.29. The van der Waals surface area contributed by atoms with E-state index in [1.807, 2.05) is 12.5 Å². The molecule has 2 N–H and O–H groups in total. The van der Waals surface area contributed by atoms with Gasteiger partial charge < -0.3 is 15.0 Å². The molecule has 106 valence electrons. The molecule has 0 amide bonds. The molecule has 1 aromatic heterocycles. The number of nitrogens with zero attached hydrogens (tertiary/aromatic N) is 3. The van der Waals surface area contributed by atoms with Crippen LogP contribution in [0, 0.1) is 0 Å². The van der Waals surface area contributed by atoms with Crippen molar-refractivity contribution in [3.05, 3.63) is 18.2 Å². The summed E-state index contributed by atoms with van der Waals surface area (Å²) in [6.07, 6.45) is 9.03. The van der Waals surface area contributed by atoms with E-state index in [0.717, 1.165) is 26.2 Å². The lowest BCUT2D eigenvalue weighted by atomic mass is 10.2. The van der Waals surface area contributed by atoms with E-state index in [2.05, 4.69) is 19.8 Å². The van der Waals surface area contributed by atoms with Crippen LogP contribution in [0.25, 0.3) is 0 Å². The Morgan fingerprint density at radius 1 is 1.42 bits per heavy atom. The van der Waals surface area contributed by atoms with Gasteiger partial charge in [0, 0.05) is 37.9 Å². The van der Waals surface area contributed by atoms with Gasteiger partial charge in [0.1, 0.15) is 0 Å². The fourth-order valence-corrected chi connectivity index (χ4v) is 2.97. The minimum Gasteiger partial charge on any atom is -0.395 e. The molecule has 2 heterocycles. The van der Waals surface area contributed by atoms with Gasteiger partial charge in [-0.2, -0.15) is 0 Å². The third-order valence-corrected chi connectivity index (χ3v) is 4.13. The van der Waals surface area contributed by atoms with Gasteiger partial charge in [-0.15, -0.1) is 0 Å². The van der Waals surface area contributed by atoms with Crippen LogP contribution in [0.5, 0.6) is 0 Å². The maximum absolute atomic E-state index is 9.25. The lowest BCUT2D eigenvalue weighted by Crippen LogP contribution is -2.38. The highest BCUT2D eigenvalue weighted by molar-refractivity contribution is 5.03. The van der Waals surface area contributed by atoms with Crippen molar-refractivity contribution >= 4 is 0 Å². The van der Waals surface area contributed by atoms with Crippen LogP contribution in [-0.2, 0) is 6.54 Å². The summed E-state index contributed by atoms with van der Waals surface area (Å²) < 4.78 is 2.31. The standard InChI is InChI=1S/C14H24N4O/c19-7-6-17(9-12-2-1-5-16-12)10-14-8-15-11-18(14)13-3-4-13/h8,11-13,16,19H,1-7,9-10H2. The number of imidazole rings is 1. The van der Waals surface area contributed by atoms with Crippen molar-refractivity contribution in [2.75, 3.05) is 26.2 Å². The number of rotatable bonds is 7. The molecule has 1 atom stereocenters. The van der Waals surface area contributed by atoms with E-state index in [1.165, 1.54) is 31.4 Å². The second kappa shape index (κ2) is 6.03. The Morgan fingerprint density at radius 3 is 3.00 bits per heavy atom. The van der Waals surface area contributed by atoms with E-state index in [9.17, 15) is 5.11 Å². The quantitative estimate of drug-likeness (QED) is 0.763. The molecule has 1 aliphatic carbocycles. The van der Waals surface area contributed by atoms with Gasteiger partial charge in [0.25, 0.3) is 0 Å². The van der Waals surface area contributed by atoms with Crippen molar-refractivity contribution in [3.63, 3.8) is 0 Å². The molecule has 0 spiro atoms. The van der Waals surface area contributed by atoms with E-state index in [1.54, 1.807) is 0 Å². The van der Waals surface area contributed by atoms with Gasteiger partial charge in [0.15, 0.2) is 0 Å². The van der Waals surface area contributed by atoms with Crippen LogP contribution in [0.4, 0.5) is 0 Å². The zero-order valence-electron chi connectivity index (χ0n) is 11.5.